The van der Waals surface area contributed by atoms with E-state index in [4.69, 9.17) is 4.74 Å². The molecule has 0 saturated carbocycles. The third kappa shape index (κ3) is 4.23. The number of esters is 1. The van der Waals surface area contributed by atoms with Gasteiger partial charge in [-0.25, -0.2) is 9.18 Å². The average Bonchev–Trinajstić information content (AvgIpc) is 3.02. The molecular formula is C17H23FN2O4. The molecule has 1 N–H and O–H groups in total. The van der Waals surface area contributed by atoms with E-state index in [0.717, 1.165) is 19.1 Å². The average molecular weight is 338 g/mol. The van der Waals surface area contributed by atoms with Gasteiger partial charge in [0.2, 0.25) is 12.1 Å². The molecule has 0 radical (unpaired) electrons. The number of hydrogen-bond donors (Lipinski definition) is 1. The highest BCUT2D eigenvalue weighted by molar-refractivity contribution is 5.96. The summed E-state index contributed by atoms with van der Waals surface area (Å²) in [6.45, 7) is 2.34. The van der Waals surface area contributed by atoms with Gasteiger partial charge >= 0.3 is 5.97 Å². The first kappa shape index (κ1) is 18.2. The lowest BCUT2D eigenvalue weighted by molar-refractivity contribution is -0.147. The number of rotatable bonds is 6. The molecule has 1 saturated heterocycles. The molecule has 6 nitrogen and oxygen atoms in total. The number of halogens is 1. The Balaban J connectivity index is 2.06. The highest BCUT2D eigenvalue weighted by atomic mass is 19.1. The molecule has 132 valence electrons. The second-order valence-corrected chi connectivity index (χ2v) is 5.84. The molecule has 0 bridgehead atoms. The van der Waals surface area contributed by atoms with E-state index in [2.05, 4.69) is 10.1 Å². The normalized spacial score (nSPS) is 18.9. The Morgan fingerprint density at radius 2 is 2.17 bits per heavy atom. The summed E-state index contributed by atoms with van der Waals surface area (Å²) >= 11 is 0. The maximum Gasteiger partial charge on any atom is 0.341 e. The second kappa shape index (κ2) is 8.10. The van der Waals surface area contributed by atoms with Gasteiger partial charge in [0, 0.05) is 6.54 Å². The summed E-state index contributed by atoms with van der Waals surface area (Å²) in [5.74, 6) is -0.577. The Hall–Kier alpha value is -2.15. The van der Waals surface area contributed by atoms with Crippen LogP contribution in [0.2, 0.25) is 0 Å². The minimum absolute atomic E-state index is 0.143. The Bertz CT molecular complexity index is 608. The van der Waals surface area contributed by atoms with Crippen LogP contribution in [0.4, 0.5) is 10.1 Å². The van der Waals surface area contributed by atoms with E-state index in [1.165, 1.54) is 7.11 Å². The SMILES string of the molecule is COC(=O)[C@H](F)CN1CCC[C@H]1C(=O)Nc1cc(C)ccc1OC. The van der Waals surface area contributed by atoms with Gasteiger partial charge in [-0.1, -0.05) is 6.07 Å². The third-order valence-electron chi connectivity index (χ3n) is 4.13. The lowest BCUT2D eigenvalue weighted by Crippen LogP contribution is -2.44. The molecule has 0 spiro atoms. The van der Waals surface area contributed by atoms with Gasteiger partial charge < -0.3 is 14.8 Å². The highest BCUT2D eigenvalue weighted by Crippen LogP contribution is 2.27. The molecule has 1 heterocycles. The van der Waals surface area contributed by atoms with E-state index in [9.17, 15) is 14.0 Å². The zero-order chi connectivity index (χ0) is 17.7. The number of likely N-dealkylation sites (tertiary alicyclic amines) is 1. The number of benzene rings is 1. The van der Waals surface area contributed by atoms with Gasteiger partial charge in [-0.05, 0) is 44.0 Å². The molecular weight excluding hydrogens is 315 g/mol. The summed E-state index contributed by atoms with van der Waals surface area (Å²) in [6.07, 6.45) is -0.359. The largest absolute Gasteiger partial charge is 0.495 e. The third-order valence-corrected chi connectivity index (χ3v) is 4.13. The number of nitrogens with zero attached hydrogens (tertiary/aromatic N) is 1. The molecule has 1 aromatic rings. The predicted octanol–water partition coefficient (Wildman–Crippen LogP) is 1.92. The summed E-state index contributed by atoms with van der Waals surface area (Å²) in [7, 11) is 2.68. The number of aryl methyl sites for hydroxylation is 1. The lowest BCUT2D eigenvalue weighted by atomic mass is 10.1. The van der Waals surface area contributed by atoms with E-state index >= 15 is 0 Å². The van der Waals surface area contributed by atoms with E-state index in [-0.39, 0.29) is 12.5 Å². The topological polar surface area (TPSA) is 67.9 Å². The molecule has 7 heteroatoms. The van der Waals surface area contributed by atoms with Crippen molar-refractivity contribution in [3.63, 3.8) is 0 Å². The number of hydrogen-bond acceptors (Lipinski definition) is 5. The standard InChI is InChI=1S/C17H23FN2O4/c1-11-6-7-15(23-2)13(9-11)19-16(21)14-5-4-8-20(14)10-12(18)17(22)24-3/h6-7,9,12,14H,4-5,8,10H2,1-3H3,(H,19,21)/t12-,14+/m1/s1. The van der Waals surface area contributed by atoms with Gasteiger partial charge in [0.15, 0.2) is 0 Å². The zero-order valence-electron chi connectivity index (χ0n) is 14.2. The highest BCUT2D eigenvalue weighted by Gasteiger charge is 2.34. The number of amides is 1. The van der Waals surface area contributed by atoms with E-state index < -0.39 is 18.2 Å². The van der Waals surface area contributed by atoms with E-state index in [0.29, 0.717) is 24.4 Å². The number of carbonyl (C=O) groups excluding carboxylic acids is 2. The number of alkyl halides is 1. The Morgan fingerprint density at radius 1 is 1.42 bits per heavy atom. The van der Waals surface area contributed by atoms with Crippen LogP contribution in [0, 0.1) is 6.92 Å². The van der Waals surface area contributed by atoms with Crippen molar-refractivity contribution >= 4 is 17.6 Å². The van der Waals surface area contributed by atoms with E-state index in [1.807, 2.05) is 19.1 Å². The molecule has 2 rings (SSSR count). The molecule has 0 aliphatic carbocycles. The number of anilines is 1. The van der Waals surface area contributed by atoms with Gasteiger partial charge in [0.05, 0.1) is 25.9 Å². The van der Waals surface area contributed by atoms with Gasteiger partial charge in [-0.3, -0.25) is 9.69 Å². The monoisotopic (exact) mass is 338 g/mol. The molecule has 1 aromatic carbocycles. The van der Waals surface area contributed by atoms with Crippen LogP contribution in [0.1, 0.15) is 18.4 Å². The smallest absolute Gasteiger partial charge is 0.341 e. The predicted molar refractivity (Wildman–Crippen MR) is 87.9 cm³/mol. The molecule has 1 fully saturated rings. The van der Waals surface area contributed by atoms with Gasteiger partial charge in [0.1, 0.15) is 5.75 Å². The summed E-state index contributed by atoms with van der Waals surface area (Å²) in [5, 5.41) is 2.85. The van der Waals surface area contributed by atoms with Crippen LogP contribution in [-0.4, -0.2) is 56.3 Å². The summed E-state index contributed by atoms with van der Waals surface area (Å²) in [6, 6.07) is 5.02. The maximum atomic E-state index is 13.8. The van der Waals surface area contributed by atoms with Gasteiger partial charge in [-0.2, -0.15) is 0 Å². The first-order valence-electron chi connectivity index (χ1n) is 7.87. The van der Waals surface area contributed by atoms with E-state index in [1.54, 1.807) is 11.0 Å². The summed E-state index contributed by atoms with van der Waals surface area (Å²) < 4.78 is 23.5. The fourth-order valence-corrected chi connectivity index (χ4v) is 2.89. The quantitative estimate of drug-likeness (QED) is 0.803. The Morgan fingerprint density at radius 3 is 2.83 bits per heavy atom. The molecule has 1 aliphatic rings. The maximum absolute atomic E-state index is 13.8. The number of ether oxygens (including phenoxy) is 2. The molecule has 1 amide bonds. The fraction of sp³-hybridized carbons (Fsp3) is 0.529. The van der Waals surface area contributed by atoms with Crippen LogP contribution < -0.4 is 10.1 Å². The minimum atomic E-state index is -1.75. The van der Waals surface area contributed by atoms with Crippen molar-refractivity contribution in [2.24, 2.45) is 0 Å². The van der Waals surface area contributed by atoms with Gasteiger partial charge in [-0.15, -0.1) is 0 Å². The van der Waals surface area contributed by atoms with Crippen LogP contribution in [0.5, 0.6) is 5.75 Å². The van der Waals surface area contributed by atoms with Crippen LogP contribution in [0.25, 0.3) is 0 Å². The first-order valence-corrected chi connectivity index (χ1v) is 7.87. The number of nitrogens with one attached hydrogen (secondary N) is 1. The number of methoxy groups -OCH3 is 2. The molecule has 0 unspecified atom stereocenters. The van der Waals surface area contributed by atoms with Crippen molar-refractivity contribution in [3.05, 3.63) is 23.8 Å². The Kier molecular flexibility index (Phi) is 6.14. The molecule has 24 heavy (non-hydrogen) atoms. The van der Waals surface area contributed by atoms with Crippen molar-refractivity contribution in [3.8, 4) is 5.75 Å². The van der Waals surface area contributed by atoms with Crippen LogP contribution in [0.3, 0.4) is 0 Å². The zero-order valence-corrected chi connectivity index (χ0v) is 14.2. The summed E-state index contributed by atoms with van der Waals surface area (Å²) in [5.41, 5.74) is 1.57. The van der Waals surface area contributed by atoms with Crippen LogP contribution in [-0.2, 0) is 14.3 Å². The molecule has 2 atom stereocenters. The Labute approximate surface area is 140 Å². The minimum Gasteiger partial charge on any atom is -0.495 e. The van der Waals surface area contributed by atoms with Crippen molar-refractivity contribution in [2.45, 2.75) is 32.0 Å². The van der Waals surface area contributed by atoms with Crippen LogP contribution >= 0.6 is 0 Å². The molecule has 1 aliphatic heterocycles. The second-order valence-electron chi connectivity index (χ2n) is 5.84. The van der Waals surface area contributed by atoms with Crippen molar-refractivity contribution in [2.75, 3.05) is 32.6 Å². The molecule has 0 aromatic heterocycles. The van der Waals surface area contributed by atoms with Crippen molar-refractivity contribution in [1.82, 2.24) is 4.90 Å². The van der Waals surface area contributed by atoms with Crippen LogP contribution in [0.15, 0.2) is 18.2 Å². The summed E-state index contributed by atoms with van der Waals surface area (Å²) in [4.78, 5) is 25.5. The fourth-order valence-electron chi connectivity index (χ4n) is 2.89. The number of carbonyl (C=O) groups is 2. The van der Waals surface area contributed by atoms with Gasteiger partial charge in [0.25, 0.3) is 0 Å². The van der Waals surface area contributed by atoms with Crippen molar-refractivity contribution < 1.29 is 23.5 Å². The first-order chi connectivity index (χ1) is 11.5. The lowest BCUT2D eigenvalue weighted by Gasteiger charge is -2.24. The van der Waals surface area contributed by atoms with Crippen molar-refractivity contribution in [1.29, 1.82) is 0 Å².